The highest BCUT2D eigenvalue weighted by atomic mass is 35.5. The Kier molecular flexibility index (Phi) is 4.34. The quantitative estimate of drug-likeness (QED) is 0.898. The average Bonchev–Trinajstić information content (AvgIpc) is 2.42. The van der Waals surface area contributed by atoms with E-state index in [1.807, 2.05) is 39.8 Å². The maximum Gasteiger partial charge on any atom is 0.245 e. The van der Waals surface area contributed by atoms with E-state index in [4.69, 9.17) is 22.1 Å². The summed E-state index contributed by atoms with van der Waals surface area (Å²) < 4.78 is 5.65. The normalized spacial score (nSPS) is 27.0. The molecule has 0 saturated heterocycles. The van der Waals surface area contributed by atoms with E-state index in [0.717, 1.165) is 5.56 Å². The van der Waals surface area contributed by atoms with E-state index in [2.05, 4.69) is 5.32 Å². The number of anilines is 1. The molecule has 4 nitrogen and oxygen atoms in total. The zero-order chi connectivity index (χ0) is 15.8. The van der Waals surface area contributed by atoms with Gasteiger partial charge in [-0.1, -0.05) is 31.5 Å². The van der Waals surface area contributed by atoms with Crippen molar-refractivity contribution in [3.05, 3.63) is 28.8 Å². The molecule has 0 heterocycles. The summed E-state index contributed by atoms with van der Waals surface area (Å²) in [6.07, 6.45) is 0.523. The second-order valence-corrected chi connectivity index (χ2v) is 6.69. The molecule has 1 aromatic rings. The fourth-order valence-corrected chi connectivity index (χ4v) is 2.95. The van der Waals surface area contributed by atoms with Gasteiger partial charge in [0, 0.05) is 18.4 Å². The Balaban J connectivity index is 2.16. The van der Waals surface area contributed by atoms with Gasteiger partial charge in [0.15, 0.2) is 0 Å². The van der Waals surface area contributed by atoms with Crippen molar-refractivity contribution in [1.82, 2.24) is 0 Å². The summed E-state index contributed by atoms with van der Waals surface area (Å²) in [6, 6.07) is 5.51. The van der Waals surface area contributed by atoms with Gasteiger partial charge in [0.05, 0.1) is 16.8 Å². The fraction of sp³-hybridized carbons (Fsp3) is 0.562. The molecule has 3 N–H and O–H groups in total. The molecule has 0 aliphatic heterocycles. The Morgan fingerprint density at radius 2 is 2.19 bits per heavy atom. The first kappa shape index (κ1) is 16.3. The molecule has 0 bridgehead atoms. The van der Waals surface area contributed by atoms with Crippen LogP contribution < -0.4 is 11.1 Å². The van der Waals surface area contributed by atoms with Crippen molar-refractivity contribution >= 4 is 23.2 Å². The van der Waals surface area contributed by atoms with Crippen LogP contribution >= 0.6 is 11.6 Å². The van der Waals surface area contributed by atoms with Crippen molar-refractivity contribution in [1.29, 1.82) is 0 Å². The minimum Gasteiger partial charge on any atom is -0.378 e. The number of nitrogens with two attached hydrogens (primary N) is 1. The van der Waals surface area contributed by atoms with Gasteiger partial charge in [-0.2, -0.15) is 0 Å². The summed E-state index contributed by atoms with van der Waals surface area (Å²) >= 11 is 6.12. The highest BCUT2D eigenvalue weighted by Crippen LogP contribution is 2.50. The number of hydrogen-bond acceptors (Lipinski definition) is 3. The van der Waals surface area contributed by atoms with Gasteiger partial charge >= 0.3 is 0 Å². The molecule has 2 atom stereocenters. The molecule has 21 heavy (non-hydrogen) atoms. The van der Waals surface area contributed by atoms with Gasteiger partial charge < -0.3 is 15.8 Å². The maximum atomic E-state index is 12.6. The summed E-state index contributed by atoms with van der Waals surface area (Å²) in [5.41, 5.74) is 6.62. The first-order valence-corrected chi connectivity index (χ1v) is 7.58. The second kappa shape index (κ2) is 5.59. The van der Waals surface area contributed by atoms with E-state index in [0.29, 0.717) is 23.7 Å². The number of hydrogen-bond donors (Lipinski definition) is 2. The van der Waals surface area contributed by atoms with Crippen LogP contribution in [0.25, 0.3) is 0 Å². The molecule has 1 aromatic carbocycles. The predicted molar refractivity (Wildman–Crippen MR) is 85.5 cm³/mol. The molecule has 1 amide bonds. The lowest BCUT2D eigenvalue weighted by atomic mass is 9.54. The van der Waals surface area contributed by atoms with Crippen LogP contribution in [0.2, 0.25) is 5.02 Å². The van der Waals surface area contributed by atoms with E-state index in [9.17, 15) is 4.79 Å². The van der Waals surface area contributed by atoms with Crippen LogP contribution in [-0.4, -0.2) is 24.2 Å². The Hall–Kier alpha value is -1.10. The van der Waals surface area contributed by atoms with Crippen molar-refractivity contribution in [3.63, 3.8) is 0 Å². The molecule has 2 rings (SSSR count). The molecular formula is C16H23ClN2O2. The largest absolute Gasteiger partial charge is 0.378 e. The number of nitrogens with one attached hydrogen (secondary N) is 1. The molecule has 5 heteroatoms. The number of amides is 1. The second-order valence-electron chi connectivity index (χ2n) is 6.28. The molecule has 0 spiro atoms. The third-order valence-electron chi connectivity index (χ3n) is 4.61. The Bertz CT molecular complexity index is 559. The predicted octanol–water partition coefficient (Wildman–Crippen LogP) is 3.12. The summed E-state index contributed by atoms with van der Waals surface area (Å²) in [6.45, 7) is 8.44. The molecule has 1 aliphatic rings. The van der Waals surface area contributed by atoms with Crippen LogP contribution in [-0.2, 0) is 9.53 Å². The minimum absolute atomic E-state index is 0.00577. The van der Waals surface area contributed by atoms with Gasteiger partial charge in [-0.15, -0.1) is 0 Å². The number of halogens is 1. The van der Waals surface area contributed by atoms with Gasteiger partial charge in [0.2, 0.25) is 5.91 Å². The number of ether oxygens (including phenoxy) is 1. The molecule has 1 fully saturated rings. The van der Waals surface area contributed by atoms with Crippen LogP contribution in [0.3, 0.4) is 0 Å². The monoisotopic (exact) mass is 310 g/mol. The maximum absolute atomic E-state index is 12.6. The van der Waals surface area contributed by atoms with Crippen LogP contribution in [0.5, 0.6) is 0 Å². The lowest BCUT2D eigenvalue weighted by Gasteiger charge is -2.57. The van der Waals surface area contributed by atoms with E-state index >= 15 is 0 Å². The summed E-state index contributed by atoms with van der Waals surface area (Å²) in [7, 11) is 0. The van der Waals surface area contributed by atoms with Crippen LogP contribution in [0, 0.1) is 12.3 Å². The summed E-state index contributed by atoms with van der Waals surface area (Å²) in [5.74, 6) is -0.212. The number of rotatable bonds is 4. The van der Waals surface area contributed by atoms with Crippen molar-refractivity contribution in [2.24, 2.45) is 11.1 Å². The first-order valence-electron chi connectivity index (χ1n) is 7.20. The zero-order valence-electron chi connectivity index (χ0n) is 13.0. The van der Waals surface area contributed by atoms with Gasteiger partial charge in [-0.05, 0) is 31.5 Å². The van der Waals surface area contributed by atoms with Gasteiger partial charge in [0.1, 0.15) is 5.54 Å². The molecule has 1 saturated carbocycles. The van der Waals surface area contributed by atoms with Crippen molar-refractivity contribution in [2.75, 3.05) is 11.9 Å². The smallest absolute Gasteiger partial charge is 0.245 e. The van der Waals surface area contributed by atoms with Gasteiger partial charge in [-0.3, -0.25) is 4.79 Å². The number of carbonyl (C=O) groups is 1. The molecule has 2 unspecified atom stereocenters. The Morgan fingerprint density at radius 1 is 1.52 bits per heavy atom. The summed E-state index contributed by atoms with van der Waals surface area (Å²) in [5, 5.41) is 3.37. The molecule has 116 valence electrons. The van der Waals surface area contributed by atoms with E-state index < -0.39 is 11.0 Å². The van der Waals surface area contributed by atoms with E-state index in [-0.39, 0.29) is 12.0 Å². The van der Waals surface area contributed by atoms with Crippen molar-refractivity contribution < 1.29 is 9.53 Å². The lowest BCUT2D eigenvalue weighted by molar-refractivity contribution is -0.166. The topological polar surface area (TPSA) is 64.3 Å². The first-order chi connectivity index (χ1) is 9.72. The fourth-order valence-electron chi connectivity index (χ4n) is 2.79. The van der Waals surface area contributed by atoms with Crippen molar-refractivity contribution in [3.8, 4) is 0 Å². The number of benzene rings is 1. The number of carbonyl (C=O) groups excluding carboxylic acids is 1. The lowest BCUT2D eigenvalue weighted by Crippen LogP contribution is -2.74. The van der Waals surface area contributed by atoms with Crippen LogP contribution in [0.4, 0.5) is 5.69 Å². The van der Waals surface area contributed by atoms with E-state index in [1.165, 1.54) is 0 Å². The standard InChI is InChI=1S/C16H23ClN2O2/c1-5-21-13-9-16(18,15(13,3)4)14(20)19-12-8-10(2)6-7-11(12)17/h6-8,13H,5,9,18H2,1-4H3,(H,19,20). The molecular weight excluding hydrogens is 288 g/mol. The molecule has 1 aliphatic carbocycles. The average molecular weight is 311 g/mol. The SMILES string of the molecule is CCOC1CC(N)(C(=O)Nc2cc(C)ccc2Cl)C1(C)C. The third kappa shape index (κ3) is 2.68. The highest BCUT2D eigenvalue weighted by molar-refractivity contribution is 6.33. The molecule has 0 radical (unpaired) electrons. The van der Waals surface area contributed by atoms with Crippen LogP contribution in [0.15, 0.2) is 18.2 Å². The third-order valence-corrected chi connectivity index (χ3v) is 4.93. The minimum atomic E-state index is -0.945. The van der Waals surface area contributed by atoms with Crippen LogP contribution in [0.1, 0.15) is 32.8 Å². The van der Waals surface area contributed by atoms with Gasteiger partial charge in [0.25, 0.3) is 0 Å². The zero-order valence-corrected chi connectivity index (χ0v) is 13.8. The number of aryl methyl sites for hydroxylation is 1. The summed E-state index contributed by atoms with van der Waals surface area (Å²) in [4.78, 5) is 12.6. The van der Waals surface area contributed by atoms with Crippen molar-refractivity contribution in [2.45, 2.75) is 45.8 Å². The molecule has 0 aromatic heterocycles. The Morgan fingerprint density at radius 3 is 2.76 bits per heavy atom. The Labute approximate surface area is 131 Å². The van der Waals surface area contributed by atoms with E-state index in [1.54, 1.807) is 6.07 Å². The highest BCUT2D eigenvalue weighted by Gasteiger charge is 2.62. The van der Waals surface area contributed by atoms with Gasteiger partial charge in [-0.25, -0.2) is 0 Å².